The molecule has 106 valence electrons. The first-order valence-electron chi connectivity index (χ1n) is 7.33. The van der Waals surface area contributed by atoms with Crippen LogP contribution in [0.5, 0.6) is 0 Å². The van der Waals surface area contributed by atoms with Crippen molar-refractivity contribution in [1.29, 1.82) is 0 Å². The Balaban J connectivity index is 1.77. The third kappa shape index (κ3) is 4.94. The maximum Gasteiger partial charge on any atom is 0.0558 e. The zero-order valence-corrected chi connectivity index (χ0v) is 12.0. The van der Waals surface area contributed by atoms with Crippen LogP contribution in [0, 0.1) is 5.92 Å². The molecule has 1 fully saturated rings. The quantitative estimate of drug-likeness (QED) is 0.847. The average Bonchev–Trinajstić information content (AvgIpc) is 2.40. The van der Waals surface area contributed by atoms with E-state index in [4.69, 9.17) is 5.11 Å². The number of benzene rings is 1. The summed E-state index contributed by atoms with van der Waals surface area (Å²) < 4.78 is 0. The normalized spacial score (nSPS) is 20.9. The monoisotopic (exact) mass is 262 g/mol. The van der Waals surface area contributed by atoms with E-state index < -0.39 is 0 Å². The van der Waals surface area contributed by atoms with Crippen molar-refractivity contribution >= 4 is 0 Å². The van der Waals surface area contributed by atoms with Gasteiger partial charge in [0, 0.05) is 26.2 Å². The Morgan fingerprint density at radius 1 is 1.32 bits per heavy atom. The summed E-state index contributed by atoms with van der Waals surface area (Å²) in [5, 5.41) is 9.03. The van der Waals surface area contributed by atoms with Crippen molar-refractivity contribution in [3.8, 4) is 0 Å². The molecule has 3 heteroatoms. The van der Waals surface area contributed by atoms with E-state index in [1.54, 1.807) is 0 Å². The van der Waals surface area contributed by atoms with E-state index in [2.05, 4.69) is 47.2 Å². The first kappa shape index (κ1) is 14.5. The van der Waals surface area contributed by atoms with Crippen LogP contribution in [-0.2, 0) is 6.54 Å². The Labute approximate surface area is 116 Å². The van der Waals surface area contributed by atoms with E-state index >= 15 is 0 Å². The SMILES string of the molecule is CN(Cc1ccccc1)C[C@@H]1CCCN(CCO)C1. The number of hydrogen-bond acceptors (Lipinski definition) is 3. The Morgan fingerprint density at radius 3 is 2.84 bits per heavy atom. The highest BCUT2D eigenvalue weighted by molar-refractivity contribution is 5.14. The summed E-state index contributed by atoms with van der Waals surface area (Å²) in [4.78, 5) is 4.81. The molecule has 0 spiro atoms. The Bertz CT molecular complexity index is 353. The highest BCUT2D eigenvalue weighted by Crippen LogP contribution is 2.17. The topological polar surface area (TPSA) is 26.7 Å². The third-order valence-electron chi connectivity index (χ3n) is 3.88. The molecule has 0 aromatic heterocycles. The van der Waals surface area contributed by atoms with Crippen LogP contribution in [0.15, 0.2) is 30.3 Å². The summed E-state index contributed by atoms with van der Waals surface area (Å²) in [6.07, 6.45) is 2.59. The summed E-state index contributed by atoms with van der Waals surface area (Å²) in [5.74, 6) is 0.744. The minimum absolute atomic E-state index is 0.284. The molecule has 1 aliphatic rings. The lowest BCUT2D eigenvalue weighted by Gasteiger charge is -2.34. The van der Waals surface area contributed by atoms with Crippen LogP contribution in [-0.4, -0.2) is 54.7 Å². The zero-order valence-electron chi connectivity index (χ0n) is 12.0. The van der Waals surface area contributed by atoms with Gasteiger partial charge in [-0.25, -0.2) is 0 Å². The molecule has 1 aliphatic heterocycles. The summed E-state index contributed by atoms with van der Waals surface area (Å²) in [7, 11) is 2.21. The van der Waals surface area contributed by atoms with E-state index in [0.29, 0.717) is 0 Å². The molecule has 0 unspecified atom stereocenters. The van der Waals surface area contributed by atoms with Gasteiger partial charge in [0.15, 0.2) is 0 Å². The molecule has 1 saturated heterocycles. The van der Waals surface area contributed by atoms with Crippen molar-refractivity contribution in [1.82, 2.24) is 9.80 Å². The van der Waals surface area contributed by atoms with Crippen molar-refractivity contribution in [2.75, 3.05) is 39.8 Å². The van der Waals surface area contributed by atoms with Gasteiger partial charge in [0.2, 0.25) is 0 Å². The van der Waals surface area contributed by atoms with Crippen LogP contribution in [0.1, 0.15) is 18.4 Å². The molecule has 1 heterocycles. The minimum atomic E-state index is 0.284. The molecule has 1 N–H and O–H groups in total. The van der Waals surface area contributed by atoms with Crippen LogP contribution in [0.25, 0.3) is 0 Å². The molecule has 0 saturated carbocycles. The van der Waals surface area contributed by atoms with Crippen molar-refractivity contribution in [3.05, 3.63) is 35.9 Å². The molecule has 0 bridgehead atoms. The van der Waals surface area contributed by atoms with Crippen LogP contribution < -0.4 is 0 Å². The second-order valence-electron chi connectivity index (χ2n) is 5.71. The number of rotatable bonds is 6. The second-order valence-corrected chi connectivity index (χ2v) is 5.71. The van der Waals surface area contributed by atoms with Gasteiger partial charge in [-0.2, -0.15) is 0 Å². The molecular formula is C16H26N2O. The molecule has 0 aliphatic carbocycles. The number of β-amino-alcohol motifs (C(OH)–C–C–N with tert-alkyl or cyclic N) is 1. The lowest BCUT2D eigenvalue weighted by Crippen LogP contribution is -2.41. The van der Waals surface area contributed by atoms with E-state index in [1.807, 2.05) is 0 Å². The van der Waals surface area contributed by atoms with Gasteiger partial charge in [0.25, 0.3) is 0 Å². The molecule has 0 radical (unpaired) electrons. The van der Waals surface area contributed by atoms with Gasteiger partial charge in [-0.3, -0.25) is 0 Å². The number of aliphatic hydroxyl groups excluding tert-OH is 1. The average molecular weight is 262 g/mol. The van der Waals surface area contributed by atoms with Gasteiger partial charge < -0.3 is 14.9 Å². The fourth-order valence-electron chi connectivity index (χ4n) is 3.05. The van der Waals surface area contributed by atoms with Crippen LogP contribution in [0.3, 0.4) is 0 Å². The summed E-state index contributed by atoms with van der Waals surface area (Å²) in [6.45, 7) is 5.58. The van der Waals surface area contributed by atoms with Crippen molar-refractivity contribution < 1.29 is 5.11 Å². The lowest BCUT2D eigenvalue weighted by atomic mass is 9.97. The first-order chi connectivity index (χ1) is 9.28. The van der Waals surface area contributed by atoms with E-state index in [1.165, 1.54) is 18.4 Å². The standard InChI is InChI=1S/C16H26N2O/c1-17(12-15-6-3-2-4-7-15)13-16-8-5-9-18(14-16)10-11-19/h2-4,6-7,16,19H,5,8-14H2,1H3/t16-/m0/s1. The van der Waals surface area contributed by atoms with Crippen LogP contribution in [0.2, 0.25) is 0 Å². The highest BCUT2D eigenvalue weighted by Gasteiger charge is 2.20. The maximum atomic E-state index is 9.03. The van der Waals surface area contributed by atoms with Gasteiger partial charge in [-0.15, -0.1) is 0 Å². The summed E-state index contributed by atoms with van der Waals surface area (Å²) >= 11 is 0. The maximum absolute atomic E-state index is 9.03. The van der Waals surface area contributed by atoms with Crippen molar-refractivity contribution in [2.45, 2.75) is 19.4 Å². The fourth-order valence-corrected chi connectivity index (χ4v) is 3.05. The van der Waals surface area contributed by atoms with E-state index in [-0.39, 0.29) is 6.61 Å². The van der Waals surface area contributed by atoms with Gasteiger partial charge in [0.1, 0.15) is 0 Å². The zero-order chi connectivity index (χ0) is 13.5. The van der Waals surface area contributed by atoms with Crippen LogP contribution in [0.4, 0.5) is 0 Å². The number of likely N-dealkylation sites (tertiary alicyclic amines) is 1. The molecule has 0 amide bonds. The summed E-state index contributed by atoms with van der Waals surface area (Å²) in [5.41, 5.74) is 1.38. The lowest BCUT2D eigenvalue weighted by molar-refractivity contribution is 0.119. The molecule has 19 heavy (non-hydrogen) atoms. The number of piperidine rings is 1. The molecule has 2 rings (SSSR count). The Morgan fingerprint density at radius 2 is 2.11 bits per heavy atom. The molecule has 1 atom stereocenters. The van der Waals surface area contributed by atoms with Crippen molar-refractivity contribution in [2.24, 2.45) is 5.92 Å². The second kappa shape index (κ2) is 7.63. The Kier molecular flexibility index (Phi) is 5.83. The van der Waals surface area contributed by atoms with Gasteiger partial charge in [-0.1, -0.05) is 30.3 Å². The molecule has 1 aromatic rings. The van der Waals surface area contributed by atoms with E-state index in [0.717, 1.165) is 38.6 Å². The first-order valence-corrected chi connectivity index (χ1v) is 7.33. The van der Waals surface area contributed by atoms with E-state index in [9.17, 15) is 0 Å². The fraction of sp³-hybridized carbons (Fsp3) is 0.625. The predicted octanol–water partition coefficient (Wildman–Crippen LogP) is 1.82. The third-order valence-corrected chi connectivity index (χ3v) is 3.88. The minimum Gasteiger partial charge on any atom is -0.395 e. The van der Waals surface area contributed by atoms with Gasteiger partial charge in [0.05, 0.1) is 6.61 Å². The van der Waals surface area contributed by atoms with Gasteiger partial charge in [-0.05, 0) is 37.9 Å². The molecule has 1 aromatic carbocycles. The van der Waals surface area contributed by atoms with Gasteiger partial charge >= 0.3 is 0 Å². The summed E-state index contributed by atoms with van der Waals surface area (Å²) in [6, 6.07) is 10.7. The number of hydrogen-bond donors (Lipinski definition) is 1. The highest BCUT2D eigenvalue weighted by atomic mass is 16.3. The number of aliphatic hydroxyl groups is 1. The smallest absolute Gasteiger partial charge is 0.0558 e. The Hall–Kier alpha value is -0.900. The predicted molar refractivity (Wildman–Crippen MR) is 79.0 cm³/mol. The number of nitrogens with zero attached hydrogens (tertiary/aromatic N) is 2. The van der Waals surface area contributed by atoms with Crippen LogP contribution >= 0.6 is 0 Å². The molecular weight excluding hydrogens is 236 g/mol. The molecule has 3 nitrogen and oxygen atoms in total. The van der Waals surface area contributed by atoms with Crippen molar-refractivity contribution in [3.63, 3.8) is 0 Å². The largest absolute Gasteiger partial charge is 0.395 e.